The maximum atomic E-state index is 12.7. The molecule has 0 aliphatic heterocycles. The highest BCUT2D eigenvalue weighted by atomic mass is 32.1. The van der Waals surface area contributed by atoms with Crippen LogP contribution in [0, 0.1) is 6.92 Å². The minimum atomic E-state index is -0.0361. The molecule has 2 aromatic heterocycles. The zero-order valence-corrected chi connectivity index (χ0v) is 13.7. The molecule has 0 radical (unpaired) electrons. The van der Waals surface area contributed by atoms with Gasteiger partial charge in [0.05, 0.1) is 5.69 Å². The number of hydrogen-bond acceptors (Lipinski definition) is 5. The molecule has 0 spiro atoms. The zero-order chi connectivity index (χ0) is 16.2. The first-order valence-electron chi connectivity index (χ1n) is 7.19. The number of benzene rings is 1. The summed E-state index contributed by atoms with van der Waals surface area (Å²) in [4.78, 5) is 27.8. The molecule has 0 aliphatic carbocycles. The van der Waals surface area contributed by atoms with Gasteiger partial charge in [-0.15, -0.1) is 11.3 Å². The lowest BCUT2D eigenvalue weighted by Gasteiger charge is -2.16. The van der Waals surface area contributed by atoms with Crippen molar-refractivity contribution in [3.05, 3.63) is 64.9 Å². The van der Waals surface area contributed by atoms with Gasteiger partial charge >= 0.3 is 0 Å². The highest BCUT2D eigenvalue weighted by molar-refractivity contribution is 7.17. The molecule has 1 aromatic carbocycles. The van der Waals surface area contributed by atoms with E-state index in [0.717, 1.165) is 5.56 Å². The molecule has 0 fully saturated rings. The Morgan fingerprint density at radius 1 is 1.13 bits per heavy atom. The fraction of sp³-hybridized carbons (Fsp3) is 0.176. The molecule has 6 heteroatoms. The summed E-state index contributed by atoms with van der Waals surface area (Å²) in [6.45, 7) is 2.40. The van der Waals surface area contributed by atoms with E-state index in [0.29, 0.717) is 27.9 Å². The molecule has 3 aromatic rings. The standard InChI is InChI=1S/C17H16N4OS/c1-12-14(23-16(20-12)15-18-9-6-10-19-15)17(22)21(2)11-13-7-4-3-5-8-13/h3-10H,11H2,1-2H3. The average Bonchev–Trinajstić information content (AvgIpc) is 2.97. The molecule has 5 nitrogen and oxygen atoms in total. The lowest BCUT2D eigenvalue weighted by molar-refractivity contribution is 0.0789. The molecule has 0 saturated carbocycles. The highest BCUT2D eigenvalue weighted by Gasteiger charge is 2.20. The molecule has 0 atom stereocenters. The molecule has 23 heavy (non-hydrogen) atoms. The molecule has 1 amide bonds. The van der Waals surface area contributed by atoms with Crippen molar-refractivity contribution in [2.24, 2.45) is 0 Å². The second kappa shape index (κ2) is 6.66. The number of nitrogens with zero attached hydrogens (tertiary/aromatic N) is 4. The fourth-order valence-corrected chi connectivity index (χ4v) is 3.21. The van der Waals surface area contributed by atoms with Crippen molar-refractivity contribution in [3.63, 3.8) is 0 Å². The molecule has 3 rings (SSSR count). The maximum absolute atomic E-state index is 12.7. The van der Waals surface area contributed by atoms with Gasteiger partial charge in [-0.25, -0.2) is 15.0 Å². The van der Waals surface area contributed by atoms with E-state index in [4.69, 9.17) is 0 Å². The van der Waals surface area contributed by atoms with Gasteiger partial charge in [0.15, 0.2) is 10.8 Å². The number of rotatable bonds is 4. The van der Waals surface area contributed by atoms with Gasteiger partial charge in [0, 0.05) is 26.0 Å². The van der Waals surface area contributed by atoms with Crippen LogP contribution < -0.4 is 0 Å². The van der Waals surface area contributed by atoms with Crippen LogP contribution in [0.2, 0.25) is 0 Å². The number of hydrogen-bond donors (Lipinski definition) is 0. The summed E-state index contributed by atoms with van der Waals surface area (Å²) in [5.74, 6) is 0.511. The average molecular weight is 324 g/mol. The summed E-state index contributed by atoms with van der Waals surface area (Å²) in [6, 6.07) is 11.7. The van der Waals surface area contributed by atoms with Crippen molar-refractivity contribution in [2.45, 2.75) is 13.5 Å². The fourth-order valence-electron chi connectivity index (χ4n) is 2.20. The third-order valence-electron chi connectivity index (χ3n) is 3.36. The Morgan fingerprint density at radius 3 is 2.52 bits per heavy atom. The Hall–Kier alpha value is -2.60. The number of amides is 1. The van der Waals surface area contributed by atoms with Crippen molar-refractivity contribution in [3.8, 4) is 10.8 Å². The maximum Gasteiger partial charge on any atom is 0.265 e. The van der Waals surface area contributed by atoms with Gasteiger partial charge in [0.1, 0.15) is 4.88 Å². The Balaban J connectivity index is 1.81. The van der Waals surface area contributed by atoms with Crippen LogP contribution in [0.5, 0.6) is 0 Å². The Labute approximate surface area is 138 Å². The second-order valence-electron chi connectivity index (χ2n) is 5.15. The molecule has 0 aliphatic rings. The van der Waals surface area contributed by atoms with Crippen LogP contribution in [-0.2, 0) is 6.54 Å². The zero-order valence-electron chi connectivity index (χ0n) is 12.9. The predicted octanol–water partition coefficient (Wildman–Crippen LogP) is 3.18. The van der Waals surface area contributed by atoms with Crippen LogP contribution in [0.4, 0.5) is 0 Å². The molecule has 0 N–H and O–H groups in total. The van der Waals surface area contributed by atoms with Gasteiger partial charge in [-0.05, 0) is 18.6 Å². The highest BCUT2D eigenvalue weighted by Crippen LogP contribution is 2.26. The van der Waals surface area contributed by atoms with Gasteiger partial charge in [0.2, 0.25) is 0 Å². The van der Waals surface area contributed by atoms with E-state index >= 15 is 0 Å². The molecular weight excluding hydrogens is 308 g/mol. The van der Waals surface area contributed by atoms with Crippen LogP contribution in [0.25, 0.3) is 10.8 Å². The SMILES string of the molecule is Cc1nc(-c2ncccn2)sc1C(=O)N(C)Cc1ccccc1. The lowest BCUT2D eigenvalue weighted by atomic mass is 10.2. The molecule has 0 bridgehead atoms. The van der Waals surface area contributed by atoms with Gasteiger partial charge in [-0.2, -0.15) is 0 Å². The molecule has 0 saturated heterocycles. The summed E-state index contributed by atoms with van der Waals surface area (Å²) in [5, 5.41) is 0.666. The Bertz CT molecular complexity index is 802. The first-order chi connectivity index (χ1) is 11.1. The Kier molecular flexibility index (Phi) is 4.43. The molecular formula is C17H16N4OS. The number of thiazole rings is 1. The van der Waals surface area contributed by atoms with E-state index in [1.807, 2.05) is 37.3 Å². The summed E-state index contributed by atoms with van der Waals surface area (Å²) < 4.78 is 0. The van der Waals surface area contributed by atoms with Crippen molar-refractivity contribution < 1.29 is 4.79 Å². The van der Waals surface area contributed by atoms with Gasteiger partial charge in [0.25, 0.3) is 5.91 Å². The molecule has 0 unspecified atom stereocenters. The number of carbonyl (C=O) groups is 1. The summed E-state index contributed by atoms with van der Waals surface area (Å²) in [5.41, 5.74) is 1.81. The van der Waals surface area contributed by atoms with E-state index in [-0.39, 0.29) is 5.91 Å². The largest absolute Gasteiger partial charge is 0.337 e. The first-order valence-corrected chi connectivity index (χ1v) is 8.01. The Morgan fingerprint density at radius 2 is 1.83 bits per heavy atom. The van der Waals surface area contributed by atoms with E-state index < -0.39 is 0 Å². The predicted molar refractivity (Wildman–Crippen MR) is 90.1 cm³/mol. The van der Waals surface area contributed by atoms with E-state index in [2.05, 4.69) is 15.0 Å². The first kappa shape index (κ1) is 15.3. The van der Waals surface area contributed by atoms with Crippen LogP contribution >= 0.6 is 11.3 Å². The molecule has 2 heterocycles. The van der Waals surface area contributed by atoms with Crippen LogP contribution in [0.3, 0.4) is 0 Å². The second-order valence-corrected chi connectivity index (χ2v) is 6.15. The van der Waals surface area contributed by atoms with Crippen LogP contribution in [0.15, 0.2) is 48.8 Å². The van der Waals surface area contributed by atoms with Crippen LogP contribution in [0.1, 0.15) is 20.9 Å². The quantitative estimate of drug-likeness (QED) is 0.739. The number of aromatic nitrogens is 3. The summed E-state index contributed by atoms with van der Waals surface area (Å²) in [7, 11) is 1.80. The van der Waals surface area contributed by atoms with Crippen molar-refractivity contribution >= 4 is 17.2 Å². The lowest BCUT2D eigenvalue weighted by Crippen LogP contribution is -2.26. The van der Waals surface area contributed by atoms with Crippen LogP contribution in [-0.4, -0.2) is 32.8 Å². The van der Waals surface area contributed by atoms with E-state index in [9.17, 15) is 4.79 Å². The van der Waals surface area contributed by atoms with E-state index in [1.165, 1.54) is 11.3 Å². The normalized spacial score (nSPS) is 10.5. The minimum absolute atomic E-state index is 0.0361. The van der Waals surface area contributed by atoms with E-state index in [1.54, 1.807) is 30.4 Å². The number of aryl methyl sites for hydroxylation is 1. The van der Waals surface area contributed by atoms with Crippen molar-refractivity contribution in [2.75, 3.05) is 7.05 Å². The third kappa shape index (κ3) is 3.43. The van der Waals surface area contributed by atoms with Gasteiger partial charge in [-0.3, -0.25) is 4.79 Å². The van der Waals surface area contributed by atoms with Crippen molar-refractivity contribution in [1.29, 1.82) is 0 Å². The topological polar surface area (TPSA) is 59.0 Å². The number of carbonyl (C=O) groups excluding carboxylic acids is 1. The van der Waals surface area contributed by atoms with Gasteiger partial charge in [-0.1, -0.05) is 30.3 Å². The summed E-state index contributed by atoms with van der Waals surface area (Å²) >= 11 is 1.33. The summed E-state index contributed by atoms with van der Waals surface area (Å²) in [6.07, 6.45) is 3.34. The minimum Gasteiger partial charge on any atom is -0.337 e. The van der Waals surface area contributed by atoms with Gasteiger partial charge < -0.3 is 4.90 Å². The smallest absolute Gasteiger partial charge is 0.265 e. The third-order valence-corrected chi connectivity index (χ3v) is 4.50. The molecule has 116 valence electrons. The van der Waals surface area contributed by atoms with Crippen molar-refractivity contribution in [1.82, 2.24) is 19.9 Å². The monoisotopic (exact) mass is 324 g/mol.